The molecule has 1 amide bonds. The van der Waals surface area contributed by atoms with Crippen molar-refractivity contribution in [3.8, 4) is 11.5 Å². The minimum absolute atomic E-state index is 0.0731. The van der Waals surface area contributed by atoms with E-state index in [1.807, 2.05) is 17.2 Å². The van der Waals surface area contributed by atoms with E-state index in [2.05, 4.69) is 28.5 Å². The quantitative estimate of drug-likeness (QED) is 0.718. The molecule has 3 aliphatic heterocycles. The van der Waals surface area contributed by atoms with Crippen molar-refractivity contribution in [1.29, 1.82) is 0 Å². The van der Waals surface area contributed by atoms with E-state index in [1.54, 1.807) is 0 Å². The molecule has 0 aliphatic carbocycles. The van der Waals surface area contributed by atoms with Crippen molar-refractivity contribution >= 4 is 11.9 Å². The Hall–Kier alpha value is -3.28. The molecule has 1 fully saturated rings. The van der Waals surface area contributed by atoms with Crippen molar-refractivity contribution < 1.29 is 37.3 Å². The Morgan fingerprint density at radius 2 is 1.79 bits per heavy atom. The molecule has 0 spiro atoms. The van der Waals surface area contributed by atoms with Crippen molar-refractivity contribution in [2.24, 2.45) is 0 Å². The summed E-state index contributed by atoms with van der Waals surface area (Å²) in [5.74, 6) is -0.0795. The Morgan fingerprint density at radius 1 is 1.12 bits per heavy atom. The maximum atomic E-state index is 12.7. The molecule has 9 nitrogen and oxygen atoms in total. The van der Waals surface area contributed by atoms with E-state index in [0.717, 1.165) is 62.9 Å². The third kappa shape index (κ3) is 5.11. The third-order valence-electron chi connectivity index (χ3n) is 6.03. The Balaban J connectivity index is 0.000000344. The number of benzene rings is 1. The largest absolute Gasteiger partial charge is 0.490 e. The SMILES string of the molecule is CC1c2nc(C(=O)N3CCCC3)cn2CCN1Cc1ccc2c(c1)OCO2.O=C(O)C(F)(F)F. The summed E-state index contributed by atoms with van der Waals surface area (Å²) in [4.78, 5) is 30.6. The molecule has 1 aromatic heterocycles. The molecule has 0 saturated carbocycles. The highest BCUT2D eigenvalue weighted by Gasteiger charge is 2.38. The average Bonchev–Trinajstić information content (AvgIpc) is 3.55. The van der Waals surface area contributed by atoms with Gasteiger partial charge in [0.25, 0.3) is 5.91 Å². The smallest absolute Gasteiger partial charge is 0.475 e. The van der Waals surface area contributed by atoms with Gasteiger partial charge in [0.2, 0.25) is 6.79 Å². The van der Waals surface area contributed by atoms with Gasteiger partial charge in [-0.15, -0.1) is 0 Å². The van der Waals surface area contributed by atoms with Crippen LogP contribution in [0.3, 0.4) is 0 Å². The number of alkyl halides is 3. The highest BCUT2D eigenvalue weighted by molar-refractivity contribution is 5.92. The summed E-state index contributed by atoms with van der Waals surface area (Å²) in [6.45, 7) is 6.76. The average molecular weight is 482 g/mol. The topological polar surface area (TPSA) is 97.1 Å². The molecular formula is C22H25F3N4O5. The lowest BCUT2D eigenvalue weighted by molar-refractivity contribution is -0.192. The maximum Gasteiger partial charge on any atom is 0.490 e. The molecule has 1 atom stereocenters. The molecule has 0 radical (unpaired) electrons. The molecule has 1 saturated heterocycles. The molecule has 2 aromatic rings. The summed E-state index contributed by atoms with van der Waals surface area (Å²) < 4.78 is 44.8. The molecule has 1 unspecified atom stereocenters. The van der Waals surface area contributed by atoms with Gasteiger partial charge in [-0.3, -0.25) is 9.69 Å². The summed E-state index contributed by atoms with van der Waals surface area (Å²) in [5.41, 5.74) is 1.78. The van der Waals surface area contributed by atoms with Crippen LogP contribution in [0.5, 0.6) is 11.5 Å². The molecule has 184 valence electrons. The van der Waals surface area contributed by atoms with E-state index in [9.17, 15) is 18.0 Å². The molecule has 0 bridgehead atoms. The lowest BCUT2D eigenvalue weighted by atomic mass is 10.1. The maximum absolute atomic E-state index is 12.7. The first-order valence-electron chi connectivity index (χ1n) is 10.9. The fraction of sp³-hybridized carbons (Fsp3) is 0.500. The number of amides is 1. The van der Waals surface area contributed by atoms with Gasteiger partial charge in [-0.2, -0.15) is 13.2 Å². The van der Waals surface area contributed by atoms with Crippen LogP contribution in [0.2, 0.25) is 0 Å². The summed E-state index contributed by atoms with van der Waals surface area (Å²) in [7, 11) is 0. The second kappa shape index (κ2) is 9.53. The van der Waals surface area contributed by atoms with Gasteiger partial charge in [0.1, 0.15) is 11.5 Å². The van der Waals surface area contributed by atoms with Crippen LogP contribution in [0.15, 0.2) is 24.4 Å². The fourth-order valence-electron chi connectivity index (χ4n) is 4.21. The number of carbonyl (C=O) groups is 2. The molecule has 1 N–H and O–H groups in total. The number of hydrogen-bond acceptors (Lipinski definition) is 6. The predicted octanol–water partition coefficient (Wildman–Crippen LogP) is 3.06. The number of likely N-dealkylation sites (tertiary alicyclic amines) is 1. The Bertz CT molecular complexity index is 1070. The van der Waals surface area contributed by atoms with Gasteiger partial charge < -0.3 is 24.0 Å². The van der Waals surface area contributed by atoms with Crippen molar-refractivity contribution in [2.45, 2.75) is 45.1 Å². The minimum Gasteiger partial charge on any atom is -0.475 e. The summed E-state index contributed by atoms with van der Waals surface area (Å²) in [6.07, 6.45) is -0.956. The van der Waals surface area contributed by atoms with Crippen molar-refractivity contribution in [2.75, 3.05) is 26.4 Å². The number of aliphatic carboxylic acids is 1. The highest BCUT2D eigenvalue weighted by Crippen LogP contribution is 2.34. The molecule has 4 heterocycles. The monoisotopic (exact) mass is 482 g/mol. The number of nitrogens with zero attached hydrogens (tertiary/aromatic N) is 4. The van der Waals surface area contributed by atoms with E-state index in [-0.39, 0.29) is 11.9 Å². The van der Waals surface area contributed by atoms with Crippen LogP contribution in [0, 0.1) is 0 Å². The van der Waals surface area contributed by atoms with Crippen LogP contribution in [-0.4, -0.2) is 68.9 Å². The fourth-order valence-corrected chi connectivity index (χ4v) is 4.21. The summed E-state index contributed by atoms with van der Waals surface area (Å²) in [5, 5.41) is 7.12. The van der Waals surface area contributed by atoms with Crippen molar-refractivity contribution in [1.82, 2.24) is 19.4 Å². The minimum atomic E-state index is -5.08. The van der Waals surface area contributed by atoms with E-state index < -0.39 is 12.1 Å². The van der Waals surface area contributed by atoms with Gasteiger partial charge >= 0.3 is 12.1 Å². The lowest BCUT2D eigenvalue weighted by Crippen LogP contribution is -2.36. The third-order valence-corrected chi connectivity index (χ3v) is 6.03. The zero-order valence-corrected chi connectivity index (χ0v) is 18.5. The van der Waals surface area contributed by atoms with Gasteiger partial charge in [-0.05, 0) is 37.5 Å². The standard InChI is InChI=1S/C20H24N4O3.C2HF3O2/c1-14-19-21-16(20(25)22-6-2-3-7-22)12-24(19)9-8-23(14)11-15-4-5-17-18(10-15)27-13-26-17;3-2(4,5)1(6)7/h4-5,10,12,14H,2-3,6-9,11,13H2,1H3;(H,6,7). The molecule has 34 heavy (non-hydrogen) atoms. The van der Waals surface area contributed by atoms with Gasteiger partial charge in [0.15, 0.2) is 11.5 Å². The van der Waals surface area contributed by atoms with E-state index in [1.165, 1.54) is 5.56 Å². The van der Waals surface area contributed by atoms with Gasteiger partial charge in [0.05, 0.1) is 6.04 Å². The van der Waals surface area contributed by atoms with E-state index >= 15 is 0 Å². The first-order chi connectivity index (χ1) is 16.1. The second-order valence-electron chi connectivity index (χ2n) is 8.31. The van der Waals surface area contributed by atoms with E-state index in [0.29, 0.717) is 12.5 Å². The predicted molar refractivity (Wildman–Crippen MR) is 112 cm³/mol. The van der Waals surface area contributed by atoms with Crippen LogP contribution < -0.4 is 9.47 Å². The number of halogens is 3. The number of aromatic nitrogens is 2. The lowest BCUT2D eigenvalue weighted by Gasteiger charge is -2.33. The molecule has 5 rings (SSSR count). The number of ether oxygens (including phenoxy) is 2. The summed E-state index contributed by atoms with van der Waals surface area (Å²) >= 11 is 0. The molecule has 1 aromatic carbocycles. The number of fused-ring (bicyclic) bond motifs is 2. The number of rotatable bonds is 3. The molecule has 3 aliphatic rings. The van der Waals surface area contributed by atoms with Gasteiger partial charge in [-0.25, -0.2) is 9.78 Å². The molecular weight excluding hydrogens is 457 g/mol. The molecule has 12 heteroatoms. The number of carboxylic acids is 1. The Kier molecular flexibility index (Phi) is 6.69. The van der Waals surface area contributed by atoms with E-state index in [4.69, 9.17) is 24.4 Å². The highest BCUT2D eigenvalue weighted by atomic mass is 19.4. The Labute approximate surface area is 193 Å². The van der Waals surface area contributed by atoms with Gasteiger partial charge in [-0.1, -0.05) is 6.07 Å². The number of imidazole rings is 1. The Morgan fingerprint density at radius 3 is 2.47 bits per heavy atom. The van der Waals surface area contributed by atoms with Crippen molar-refractivity contribution in [3.63, 3.8) is 0 Å². The first kappa shape index (κ1) is 23.9. The zero-order chi connectivity index (χ0) is 24.5. The van der Waals surface area contributed by atoms with Crippen LogP contribution in [0.4, 0.5) is 13.2 Å². The number of carboxylic acid groups (broad SMARTS) is 1. The van der Waals surface area contributed by atoms with Crippen molar-refractivity contribution in [3.05, 3.63) is 41.5 Å². The van der Waals surface area contributed by atoms with Gasteiger partial charge in [0, 0.05) is 38.9 Å². The number of carbonyl (C=O) groups excluding carboxylic acids is 1. The first-order valence-corrected chi connectivity index (χ1v) is 10.9. The zero-order valence-electron chi connectivity index (χ0n) is 18.5. The second-order valence-corrected chi connectivity index (χ2v) is 8.31. The number of hydrogen-bond donors (Lipinski definition) is 1. The van der Waals surface area contributed by atoms with Crippen LogP contribution in [-0.2, 0) is 17.9 Å². The normalized spacial score (nSPS) is 19.4. The van der Waals surface area contributed by atoms with Crippen LogP contribution in [0.25, 0.3) is 0 Å². The summed E-state index contributed by atoms with van der Waals surface area (Å²) in [6, 6.07) is 6.27. The van der Waals surface area contributed by atoms with Crippen LogP contribution in [0.1, 0.15) is 47.7 Å². The van der Waals surface area contributed by atoms with Crippen LogP contribution >= 0.6 is 0 Å².